The molecule has 6 heteroatoms. The summed E-state index contributed by atoms with van der Waals surface area (Å²) in [6.45, 7) is 0. The summed E-state index contributed by atoms with van der Waals surface area (Å²) in [7, 11) is 0. The molecule has 0 saturated heterocycles. The van der Waals surface area contributed by atoms with Crippen molar-refractivity contribution in [2.75, 3.05) is 5.73 Å². The van der Waals surface area contributed by atoms with Crippen LogP contribution in [0.5, 0.6) is 5.75 Å². The van der Waals surface area contributed by atoms with E-state index in [-0.39, 0.29) is 0 Å². The Labute approximate surface area is 65.6 Å². The Morgan fingerprint density at radius 1 is 1.50 bits per heavy atom. The van der Waals surface area contributed by atoms with Crippen LogP contribution in [0.4, 0.5) is 18.9 Å². The van der Waals surface area contributed by atoms with Gasteiger partial charge in [0.25, 0.3) is 12.4 Å². The van der Waals surface area contributed by atoms with Gasteiger partial charge in [-0.25, -0.2) is 13.8 Å². The average Bonchev–Trinajstić information content (AvgIpc) is 1.96. The van der Waals surface area contributed by atoms with Gasteiger partial charge in [-0.15, -0.1) is 0 Å². The van der Waals surface area contributed by atoms with Crippen molar-refractivity contribution < 1.29 is 18.3 Å². The SMILES string of the molecule is Nc1cc(O)c(F)nc1C(F)F. The van der Waals surface area contributed by atoms with Crippen LogP contribution in [-0.4, -0.2) is 10.1 Å². The van der Waals surface area contributed by atoms with Gasteiger partial charge in [0.05, 0.1) is 5.69 Å². The van der Waals surface area contributed by atoms with Gasteiger partial charge >= 0.3 is 0 Å². The number of pyridine rings is 1. The van der Waals surface area contributed by atoms with E-state index in [9.17, 15) is 13.2 Å². The van der Waals surface area contributed by atoms with Crippen LogP contribution >= 0.6 is 0 Å². The highest BCUT2D eigenvalue weighted by Crippen LogP contribution is 2.26. The largest absolute Gasteiger partial charge is 0.504 e. The third kappa shape index (κ3) is 1.41. The fraction of sp³-hybridized carbons (Fsp3) is 0.167. The van der Waals surface area contributed by atoms with Crippen molar-refractivity contribution in [3.05, 3.63) is 17.7 Å². The molecule has 0 aliphatic heterocycles. The Hall–Kier alpha value is -1.46. The monoisotopic (exact) mass is 178 g/mol. The Morgan fingerprint density at radius 2 is 2.08 bits per heavy atom. The van der Waals surface area contributed by atoms with E-state index in [0.717, 1.165) is 0 Å². The van der Waals surface area contributed by atoms with Gasteiger partial charge in [0.2, 0.25) is 0 Å². The van der Waals surface area contributed by atoms with E-state index >= 15 is 0 Å². The fourth-order valence-corrected chi connectivity index (χ4v) is 0.683. The van der Waals surface area contributed by atoms with E-state index in [1.54, 1.807) is 0 Å². The molecule has 0 bridgehead atoms. The summed E-state index contributed by atoms with van der Waals surface area (Å²) in [5.41, 5.74) is 3.74. The normalized spacial score (nSPS) is 10.7. The second-order valence-corrected chi connectivity index (χ2v) is 2.07. The van der Waals surface area contributed by atoms with Gasteiger partial charge < -0.3 is 10.8 Å². The minimum atomic E-state index is -2.94. The molecule has 0 atom stereocenters. The number of aromatic hydroxyl groups is 1. The third-order valence-corrected chi connectivity index (χ3v) is 1.22. The molecule has 0 aliphatic rings. The number of alkyl halides is 2. The van der Waals surface area contributed by atoms with Crippen LogP contribution in [0.2, 0.25) is 0 Å². The smallest absolute Gasteiger partial charge is 0.282 e. The van der Waals surface area contributed by atoms with E-state index in [0.29, 0.717) is 6.07 Å². The van der Waals surface area contributed by atoms with Gasteiger partial charge in [-0.05, 0) is 0 Å². The van der Waals surface area contributed by atoms with Gasteiger partial charge in [0.1, 0.15) is 5.69 Å². The number of rotatable bonds is 1. The zero-order valence-electron chi connectivity index (χ0n) is 5.76. The quantitative estimate of drug-likeness (QED) is 0.639. The number of hydrogen-bond donors (Lipinski definition) is 2. The molecule has 3 nitrogen and oxygen atoms in total. The highest BCUT2D eigenvalue weighted by atomic mass is 19.3. The molecule has 3 N–H and O–H groups in total. The number of anilines is 1. The minimum Gasteiger partial charge on any atom is -0.504 e. The summed E-state index contributed by atoms with van der Waals surface area (Å²) in [6, 6.07) is 0.698. The van der Waals surface area contributed by atoms with Gasteiger partial charge in [0, 0.05) is 6.07 Å². The zero-order chi connectivity index (χ0) is 9.30. The molecule has 0 unspecified atom stereocenters. The standard InChI is InChI=1S/C6H5F3N2O/c7-5(8)4-2(10)1-3(12)6(9)11-4/h1,5,12H,10H2. The maximum atomic E-state index is 12.4. The van der Waals surface area contributed by atoms with Gasteiger partial charge in [-0.3, -0.25) is 0 Å². The van der Waals surface area contributed by atoms with Crippen LogP contribution in [0.3, 0.4) is 0 Å². The summed E-state index contributed by atoms with van der Waals surface area (Å²) >= 11 is 0. The fourth-order valence-electron chi connectivity index (χ4n) is 0.683. The molecule has 66 valence electrons. The van der Waals surface area contributed by atoms with E-state index in [4.69, 9.17) is 10.8 Å². The van der Waals surface area contributed by atoms with Crippen molar-refractivity contribution in [3.63, 3.8) is 0 Å². The lowest BCUT2D eigenvalue weighted by Crippen LogP contribution is -2.00. The van der Waals surface area contributed by atoms with Crippen molar-refractivity contribution in [2.24, 2.45) is 0 Å². The molecule has 1 aromatic rings. The zero-order valence-corrected chi connectivity index (χ0v) is 5.76. The first-order valence-corrected chi connectivity index (χ1v) is 2.95. The number of nitrogen functional groups attached to an aromatic ring is 1. The summed E-state index contributed by atoms with van der Waals surface area (Å²) in [5.74, 6) is -2.18. The van der Waals surface area contributed by atoms with Crippen molar-refractivity contribution in [1.29, 1.82) is 0 Å². The second kappa shape index (κ2) is 2.88. The van der Waals surface area contributed by atoms with Crippen LogP contribution < -0.4 is 5.73 Å². The molecular weight excluding hydrogens is 173 g/mol. The molecule has 0 fully saturated rings. The van der Waals surface area contributed by atoms with E-state index < -0.39 is 29.5 Å². The molecule has 12 heavy (non-hydrogen) atoms. The van der Waals surface area contributed by atoms with Crippen molar-refractivity contribution in [1.82, 2.24) is 4.98 Å². The number of nitrogens with zero attached hydrogens (tertiary/aromatic N) is 1. The summed E-state index contributed by atoms with van der Waals surface area (Å²) in [4.78, 5) is 2.78. The molecule has 0 saturated carbocycles. The van der Waals surface area contributed by atoms with E-state index in [2.05, 4.69) is 4.98 Å². The van der Waals surface area contributed by atoms with Crippen molar-refractivity contribution in [2.45, 2.75) is 6.43 Å². The molecule has 1 rings (SSSR count). The first-order valence-electron chi connectivity index (χ1n) is 2.95. The van der Waals surface area contributed by atoms with E-state index in [1.165, 1.54) is 0 Å². The average molecular weight is 178 g/mol. The second-order valence-electron chi connectivity index (χ2n) is 2.07. The summed E-state index contributed by atoms with van der Waals surface area (Å²) in [5, 5.41) is 8.64. The molecular formula is C6H5F3N2O. The molecule has 1 heterocycles. The third-order valence-electron chi connectivity index (χ3n) is 1.22. The molecule has 0 amide bonds. The summed E-state index contributed by atoms with van der Waals surface area (Å²) < 4.78 is 36.3. The number of nitrogens with two attached hydrogens (primary N) is 1. The van der Waals surface area contributed by atoms with Crippen LogP contribution in [0.25, 0.3) is 0 Å². The van der Waals surface area contributed by atoms with Gasteiger partial charge in [0.15, 0.2) is 5.75 Å². The maximum absolute atomic E-state index is 12.4. The lowest BCUT2D eigenvalue weighted by molar-refractivity contribution is 0.145. The van der Waals surface area contributed by atoms with Crippen LogP contribution in [0.1, 0.15) is 12.1 Å². The molecule has 0 spiro atoms. The Bertz CT molecular complexity index is 303. The van der Waals surface area contributed by atoms with Crippen LogP contribution in [-0.2, 0) is 0 Å². The Kier molecular flexibility index (Phi) is 2.07. The lowest BCUT2D eigenvalue weighted by Gasteiger charge is -2.03. The highest BCUT2D eigenvalue weighted by molar-refractivity contribution is 5.47. The molecule has 0 aliphatic carbocycles. The van der Waals surface area contributed by atoms with Crippen molar-refractivity contribution in [3.8, 4) is 5.75 Å². The molecule has 1 aromatic heterocycles. The van der Waals surface area contributed by atoms with Crippen molar-refractivity contribution >= 4 is 5.69 Å². The lowest BCUT2D eigenvalue weighted by atomic mass is 10.3. The topological polar surface area (TPSA) is 59.1 Å². The first-order chi connectivity index (χ1) is 5.52. The number of hydrogen-bond acceptors (Lipinski definition) is 3. The van der Waals surface area contributed by atoms with Crippen LogP contribution in [0.15, 0.2) is 6.07 Å². The van der Waals surface area contributed by atoms with Gasteiger partial charge in [-0.1, -0.05) is 0 Å². The first kappa shape index (κ1) is 8.63. The minimum absolute atomic E-state index is 0.427. The maximum Gasteiger partial charge on any atom is 0.282 e. The predicted molar refractivity (Wildman–Crippen MR) is 35.2 cm³/mol. The Morgan fingerprint density at radius 3 is 2.58 bits per heavy atom. The number of halogens is 3. The van der Waals surface area contributed by atoms with Gasteiger partial charge in [-0.2, -0.15) is 4.39 Å². The number of aromatic nitrogens is 1. The highest BCUT2D eigenvalue weighted by Gasteiger charge is 2.16. The van der Waals surface area contributed by atoms with E-state index in [1.807, 2.05) is 0 Å². The summed E-state index contributed by atoms with van der Waals surface area (Å²) in [6.07, 6.45) is -2.94. The molecule has 0 aromatic carbocycles. The van der Waals surface area contributed by atoms with Crippen LogP contribution in [0, 0.1) is 5.95 Å². The Balaban J connectivity index is 3.23. The molecule has 0 radical (unpaired) electrons. The predicted octanol–water partition coefficient (Wildman–Crippen LogP) is 1.45.